The van der Waals surface area contributed by atoms with Crippen molar-refractivity contribution in [1.82, 2.24) is 0 Å². The highest BCUT2D eigenvalue weighted by Crippen LogP contribution is 2.23. The van der Waals surface area contributed by atoms with Gasteiger partial charge in [0.05, 0.1) is 5.56 Å². The van der Waals surface area contributed by atoms with Crippen LogP contribution in [-0.4, -0.2) is 25.2 Å². The fourth-order valence-electron chi connectivity index (χ4n) is 3.20. The van der Waals surface area contributed by atoms with E-state index in [1.165, 1.54) is 0 Å². The molecule has 0 aromatic heterocycles. The molecule has 0 N–H and O–H groups in total. The predicted molar refractivity (Wildman–Crippen MR) is 125 cm³/mol. The molecule has 4 aromatic rings. The molecule has 0 heterocycles. The number of hydrogen-bond donors (Lipinski definition) is 0. The molecule has 33 heavy (non-hydrogen) atoms. The third kappa shape index (κ3) is 5.86. The Labute approximate surface area is 192 Å². The van der Waals surface area contributed by atoms with Gasteiger partial charge in [-0.3, -0.25) is 0 Å². The van der Waals surface area contributed by atoms with Gasteiger partial charge < -0.3 is 14.2 Å². The zero-order valence-corrected chi connectivity index (χ0v) is 17.8. The quantitative estimate of drug-likeness (QED) is 0.197. The molecule has 4 aromatic carbocycles. The number of benzene rings is 4. The summed E-state index contributed by atoms with van der Waals surface area (Å²) in [6.45, 7) is 0.280. The lowest BCUT2D eigenvalue weighted by molar-refractivity contribution is 0.0445. The van der Waals surface area contributed by atoms with Crippen LogP contribution >= 0.6 is 0 Å². The van der Waals surface area contributed by atoms with E-state index < -0.39 is 11.9 Å². The topological polar surface area (TPSA) is 61.8 Å². The van der Waals surface area contributed by atoms with Crippen molar-refractivity contribution < 1.29 is 23.8 Å². The number of esters is 2. The van der Waals surface area contributed by atoms with Gasteiger partial charge in [0.1, 0.15) is 30.3 Å². The fourth-order valence-corrected chi connectivity index (χ4v) is 3.20. The molecule has 0 aliphatic heterocycles. The second-order valence-electron chi connectivity index (χ2n) is 7.13. The maximum atomic E-state index is 12.7. The minimum absolute atomic E-state index is 0.0664. The van der Waals surface area contributed by atoms with E-state index >= 15 is 0 Å². The van der Waals surface area contributed by atoms with Crippen molar-refractivity contribution in [3.8, 4) is 22.6 Å². The van der Waals surface area contributed by atoms with E-state index in [0.29, 0.717) is 11.3 Å². The molecule has 4 rings (SSSR count). The van der Waals surface area contributed by atoms with Gasteiger partial charge in [0.2, 0.25) is 0 Å². The predicted octanol–water partition coefficient (Wildman–Crippen LogP) is 5.81. The first-order valence-electron chi connectivity index (χ1n) is 10.5. The molecular weight excluding hydrogens is 416 g/mol. The molecule has 0 fully saturated rings. The van der Waals surface area contributed by atoms with Crippen LogP contribution in [0.5, 0.6) is 11.5 Å². The van der Waals surface area contributed by atoms with Crippen molar-refractivity contribution in [3.05, 3.63) is 120 Å². The van der Waals surface area contributed by atoms with Gasteiger partial charge in [-0.2, -0.15) is 0 Å². The van der Waals surface area contributed by atoms with E-state index in [1.807, 2.05) is 72.8 Å². The molecule has 0 aliphatic rings. The van der Waals surface area contributed by atoms with Crippen LogP contribution in [0.2, 0.25) is 0 Å². The zero-order valence-electron chi connectivity index (χ0n) is 17.8. The van der Waals surface area contributed by atoms with Crippen LogP contribution < -0.4 is 9.47 Å². The summed E-state index contributed by atoms with van der Waals surface area (Å²) < 4.78 is 16.3. The van der Waals surface area contributed by atoms with Crippen molar-refractivity contribution in [2.45, 2.75) is 0 Å². The van der Waals surface area contributed by atoms with Crippen molar-refractivity contribution >= 4 is 11.9 Å². The van der Waals surface area contributed by atoms with Crippen LogP contribution in [0.3, 0.4) is 0 Å². The zero-order chi connectivity index (χ0) is 22.9. The Morgan fingerprint density at radius 1 is 0.576 bits per heavy atom. The lowest BCUT2D eigenvalue weighted by Crippen LogP contribution is -2.15. The second-order valence-corrected chi connectivity index (χ2v) is 7.13. The third-order valence-electron chi connectivity index (χ3n) is 4.87. The number of rotatable bonds is 8. The van der Waals surface area contributed by atoms with E-state index in [2.05, 4.69) is 0 Å². The Kier molecular flexibility index (Phi) is 7.13. The van der Waals surface area contributed by atoms with E-state index in [1.54, 1.807) is 36.4 Å². The van der Waals surface area contributed by atoms with Crippen LogP contribution in [0.1, 0.15) is 20.7 Å². The largest absolute Gasteiger partial charge is 0.490 e. The Bertz CT molecular complexity index is 1200. The number of hydrogen-bond acceptors (Lipinski definition) is 5. The number of ether oxygens (including phenoxy) is 3. The van der Waals surface area contributed by atoms with Gasteiger partial charge in [0, 0.05) is 0 Å². The summed E-state index contributed by atoms with van der Waals surface area (Å²) in [5, 5.41) is 0. The maximum Gasteiger partial charge on any atom is 0.343 e. The second kappa shape index (κ2) is 10.8. The third-order valence-corrected chi connectivity index (χ3v) is 4.87. The van der Waals surface area contributed by atoms with Gasteiger partial charge in [-0.15, -0.1) is 0 Å². The molecular formula is C28H22O5. The average Bonchev–Trinajstić information content (AvgIpc) is 2.88. The highest BCUT2D eigenvalue weighted by atomic mass is 16.6. The standard InChI is InChI=1S/C28H22O5/c29-27(23-17-15-22(16-18-23)21-9-3-1-4-10-21)33-26-14-8-7-13-25(26)28(30)32-20-19-31-24-11-5-2-6-12-24/h1-18H,19-20H2. The van der Waals surface area contributed by atoms with Crippen molar-refractivity contribution in [2.75, 3.05) is 13.2 Å². The van der Waals surface area contributed by atoms with Gasteiger partial charge >= 0.3 is 11.9 Å². The van der Waals surface area contributed by atoms with Crippen LogP contribution in [0.4, 0.5) is 0 Å². The lowest BCUT2D eigenvalue weighted by Gasteiger charge is -2.11. The van der Waals surface area contributed by atoms with Crippen LogP contribution in [-0.2, 0) is 4.74 Å². The molecule has 5 nitrogen and oxygen atoms in total. The van der Waals surface area contributed by atoms with Crippen LogP contribution in [0.25, 0.3) is 11.1 Å². The first-order valence-corrected chi connectivity index (χ1v) is 10.5. The van der Waals surface area contributed by atoms with E-state index in [9.17, 15) is 9.59 Å². The fraction of sp³-hybridized carbons (Fsp3) is 0.0714. The Morgan fingerprint density at radius 3 is 1.91 bits per heavy atom. The van der Waals surface area contributed by atoms with Gasteiger partial charge in [-0.25, -0.2) is 9.59 Å². The van der Waals surface area contributed by atoms with E-state index in [4.69, 9.17) is 14.2 Å². The number of carbonyl (C=O) groups is 2. The Hall–Kier alpha value is -4.38. The van der Waals surface area contributed by atoms with Crippen molar-refractivity contribution in [1.29, 1.82) is 0 Å². The monoisotopic (exact) mass is 438 g/mol. The summed E-state index contributed by atoms with van der Waals surface area (Å²) in [7, 11) is 0. The summed E-state index contributed by atoms with van der Waals surface area (Å²) in [5.41, 5.74) is 2.61. The normalized spacial score (nSPS) is 10.3. The van der Waals surface area contributed by atoms with Gasteiger partial charge in [-0.1, -0.05) is 72.8 Å². The SMILES string of the molecule is O=C(Oc1ccccc1C(=O)OCCOc1ccccc1)c1ccc(-c2ccccc2)cc1. The smallest absolute Gasteiger partial charge is 0.343 e. The molecule has 0 spiro atoms. The number of para-hydroxylation sites is 2. The van der Waals surface area contributed by atoms with Crippen molar-refractivity contribution in [2.24, 2.45) is 0 Å². The lowest BCUT2D eigenvalue weighted by atomic mass is 10.0. The maximum absolute atomic E-state index is 12.7. The first-order chi connectivity index (χ1) is 16.2. The van der Waals surface area contributed by atoms with E-state index in [0.717, 1.165) is 11.1 Å². The van der Waals surface area contributed by atoms with Crippen LogP contribution in [0, 0.1) is 0 Å². The molecule has 0 atom stereocenters. The van der Waals surface area contributed by atoms with Crippen molar-refractivity contribution in [3.63, 3.8) is 0 Å². The molecule has 5 heteroatoms. The molecule has 0 aliphatic carbocycles. The van der Waals surface area contributed by atoms with E-state index in [-0.39, 0.29) is 24.5 Å². The molecule has 0 saturated carbocycles. The molecule has 0 bridgehead atoms. The molecule has 0 saturated heterocycles. The molecule has 0 radical (unpaired) electrons. The van der Waals surface area contributed by atoms with Crippen LogP contribution in [0.15, 0.2) is 109 Å². The first kappa shape index (κ1) is 21.8. The summed E-state index contributed by atoms with van der Waals surface area (Å²) in [6.07, 6.45) is 0. The minimum atomic E-state index is -0.588. The van der Waals surface area contributed by atoms with Gasteiger partial charge in [0.25, 0.3) is 0 Å². The summed E-state index contributed by atoms with van der Waals surface area (Å²) in [5.74, 6) is -0.304. The highest BCUT2D eigenvalue weighted by molar-refractivity contribution is 5.96. The molecule has 0 unspecified atom stereocenters. The minimum Gasteiger partial charge on any atom is -0.490 e. The molecule has 0 amide bonds. The van der Waals surface area contributed by atoms with Gasteiger partial charge in [0.15, 0.2) is 0 Å². The number of carbonyl (C=O) groups excluding carboxylic acids is 2. The average molecular weight is 438 g/mol. The Balaban J connectivity index is 1.36. The molecule has 164 valence electrons. The summed E-state index contributed by atoms with van der Waals surface area (Å²) in [6, 6.07) is 32.7. The highest BCUT2D eigenvalue weighted by Gasteiger charge is 2.17. The van der Waals surface area contributed by atoms with Gasteiger partial charge in [-0.05, 0) is 47.5 Å². The Morgan fingerprint density at radius 2 is 1.18 bits per heavy atom. The summed E-state index contributed by atoms with van der Waals surface area (Å²) >= 11 is 0. The summed E-state index contributed by atoms with van der Waals surface area (Å²) in [4.78, 5) is 25.2.